The second kappa shape index (κ2) is 24.2. The highest BCUT2D eigenvalue weighted by Crippen LogP contribution is 2.43. The number of rotatable bonds is 17. The van der Waals surface area contributed by atoms with E-state index < -0.39 is 11.9 Å². The fraction of sp³-hybridized carbons (Fsp3) is 0.565. The van der Waals surface area contributed by atoms with Gasteiger partial charge >= 0.3 is 0 Å². The van der Waals surface area contributed by atoms with E-state index in [1.807, 2.05) is 67.3 Å². The van der Waals surface area contributed by atoms with Crippen molar-refractivity contribution < 1.29 is 14.3 Å². The Morgan fingerprint density at radius 3 is 2.37 bits per heavy atom. The molecule has 6 N–H and O–H groups in total. The van der Waals surface area contributed by atoms with E-state index in [1.165, 1.54) is 25.5 Å². The standard InChI is InChI=1S/C34H48N6O4.C10H20.C2H5N/c1-7-12-23(20-37-27-14-9-8-10-15-27)30(21-38-43)31(33(35)41)40(5)22-24-13-11-16-29(32(24)44-6)25-17-26(34(42)36-2)19-28(18-25)39(3)4;1-8-6-5-7-10(3,4)9(8)2;1-2-3/h9,11,13-19,23,30-31,37H,7-8,10,12,20-22H2,1-6H3,(H2,35,41)(H,36,42);8-9H,5-7H2,1-4H3;2H,1,3H2/t;8?,9-;/m.0./s1. The number of hydrogen-bond donors (Lipinski definition) is 4. The zero-order valence-corrected chi connectivity index (χ0v) is 36.6. The Hall–Kier alpha value is -4.64. The predicted octanol–water partition coefficient (Wildman–Crippen LogP) is 8.25. The van der Waals surface area contributed by atoms with Gasteiger partial charge in [-0.25, -0.2) is 0 Å². The topological polar surface area (TPSA) is 155 Å². The average Bonchev–Trinajstić information content (AvgIpc) is 3.18. The van der Waals surface area contributed by atoms with Crippen molar-refractivity contribution in [3.8, 4) is 16.9 Å². The van der Waals surface area contributed by atoms with Gasteiger partial charge in [0.1, 0.15) is 5.75 Å². The van der Waals surface area contributed by atoms with Crippen LogP contribution in [0, 0.1) is 34.0 Å². The quantitative estimate of drug-likeness (QED) is 0.117. The zero-order chi connectivity index (χ0) is 42.7. The second-order valence-corrected chi connectivity index (χ2v) is 16.4. The molecule has 0 bridgehead atoms. The van der Waals surface area contributed by atoms with E-state index in [1.54, 1.807) is 14.2 Å². The number of carbonyl (C=O) groups excluding carboxylic acids is 2. The summed E-state index contributed by atoms with van der Waals surface area (Å²) in [5.74, 6) is 1.44. The minimum Gasteiger partial charge on any atom is -0.496 e. The Kier molecular flexibility index (Phi) is 20.6. The molecular formula is C46H73N7O4. The molecule has 2 aliphatic rings. The van der Waals surface area contributed by atoms with Crippen molar-refractivity contribution in [1.82, 2.24) is 15.5 Å². The van der Waals surface area contributed by atoms with Crippen LogP contribution in [0.25, 0.3) is 11.1 Å². The molecule has 316 valence electrons. The summed E-state index contributed by atoms with van der Waals surface area (Å²) in [6.07, 6.45) is 15.7. The molecule has 4 rings (SSSR count). The summed E-state index contributed by atoms with van der Waals surface area (Å²) in [7, 11) is 8.91. The zero-order valence-electron chi connectivity index (χ0n) is 36.6. The van der Waals surface area contributed by atoms with Crippen LogP contribution in [0.15, 0.2) is 78.3 Å². The van der Waals surface area contributed by atoms with Gasteiger partial charge in [-0.05, 0) is 91.9 Å². The number of nitrogens with one attached hydrogen (secondary N) is 2. The van der Waals surface area contributed by atoms with Crippen molar-refractivity contribution in [2.75, 3.05) is 53.3 Å². The maximum absolute atomic E-state index is 13.1. The van der Waals surface area contributed by atoms with Crippen LogP contribution >= 0.6 is 0 Å². The van der Waals surface area contributed by atoms with E-state index in [-0.39, 0.29) is 24.3 Å². The van der Waals surface area contributed by atoms with Gasteiger partial charge in [-0.15, -0.1) is 0 Å². The molecule has 0 aromatic heterocycles. The number of nitroso groups, excluding NO2 is 1. The fourth-order valence-corrected chi connectivity index (χ4v) is 8.15. The molecule has 11 nitrogen and oxygen atoms in total. The lowest BCUT2D eigenvalue weighted by molar-refractivity contribution is -0.125. The minimum atomic E-state index is -0.729. The van der Waals surface area contributed by atoms with Crippen LogP contribution in [0.5, 0.6) is 5.75 Å². The summed E-state index contributed by atoms with van der Waals surface area (Å²) in [4.78, 5) is 41.2. The first-order valence-electron chi connectivity index (χ1n) is 20.5. The van der Waals surface area contributed by atoms with Gasteiger partial charge in [-0.1, -0.05) is 96.0 Å². The summed E-state index contributed by atoms with van der Waals surface area (Å²) < 4.78 is 5.95. The third kappa shape index (κ3) is 14.4. The largest absolute Gasteiger partial charge is 0.496 e. The molecule has 0 spiro atoms. The summed E-state index contributed by atoms with van der Waals surface area (Å²) in [5, 5.41) is 9.47. The monoisotopic (exact) mass is 788 g/mol. The smallest absolute Gasteiger partial charge is 0.251 e. The normalized spacial score (nSPS) is 18.5. The number of hydrogen-bond acceptors (Lipinski definition) is 9. The highest BCUT2D eigenvalue weighted by molar-refractivity contribution is 5.97. The first-order valence-corrected chi connectivity index (χ1v) is 20.5. The van der Waals surface area contributed by atoms with Crippen LogP contribution in [0.4, 0.5) is 5.69 Å². The molecular weight excluding hydrogens is 715 g/mol. The SMILES string of the molecule is C=CN.CC1CCCC(C)(C)[C@H]1C.CCCC(CNC1=CCCC=C1)C(CN=O)C(C(N)=O)N(C)Cc1cccc(-c2cc(C(=O)NC)cc(N(C)C)c2)c1OC. The molecule has 57 heavy (non-hydrogen) atoms. The van der Waals surface area contributed by atoms with Crippen LogP contribution < -0.4 is 31.7 Å². The number of amides is 2. The van der Waals surface area contributed by atoms with Gasteiger partial charge in [0.05, 0.1) is 19.7 Å². The van der Waals surface area contributed by atoms with Crippen molar-refractivity contribution in [3.05, 3.63) is 89.1 Å². The van der Waals surface area contributed by atoms with Crippen LogP contribution in [-0.2, 0) is 11.3 Å². The van der Waals surface area contributed by atoms with Gasteiger partial charge in [0.25, 0.3) is 5.91 Å². The summed E-state index contributed by atoms with van der Waals surface area (Å²) in [5.41, 5.74) is 16.2. The first-order chi connectivity index (χ1) is 27.1. The summed E-state index contributed by atoms with van der Waals surface area (Å²) >= 11 is 0. The van der Waals surface area contributed by atoms with Gasteiger partial charge in [0, 0.05) is 68.2 Å². The molecule has 5 atom stereocenters. The van der Waals surface area contributed by atoms with Gasteiger partial charge in [0.2, 0.25) is 5.91 Å². The number of likely N-dealkylation sites (N-methyl/N-ethyl adjacent to an activating group) is 1. The molecule has 0 heterocycles. The number of nitrogens with two attached hydrogens (primary N) is 2. The number of benzene rings is 2. The number of methoxy groups -OCH3 is 1. The Morgan fingerprint density at radius 1 is 1.14 bits per heavy atom. The molecule has 2 aromatic carbocycles. The van der Waals surface area contributed by atoms with Crippen molar-refractivity contribution in [1.29, 1.82) is 0 Å². The number of ether oxygens (including phenoxy) is 1. The van der Waals surface area contributed by atoms with Gasteiger partial charge < -0.3 is 31.7 Å². The number of carbonyl (C=O) groups is 2. The number of primary amides is 1. The van der Waals surface area contributed by atoms with Crippen molar-refractivity contribution in [2.24, 2.45) is 45.7 Å². The second-order valence-electron chi connectivity index (χ2n) is 16.4. The van der Waals surface area contributed by atoms with E-state index in [9.17, 15) is 14.5 Å². The molecule has 11 heteroatoms. The van der Waals surface area contributed by atoms with Crippen LogP contribution in [0.2, 0.25) is 0 Å². The van der Waals surface area contributed by atoms with Crippen LogP contribution in [-0.4, -0.2) is 71.1 Å². The highest BCUT2D eigenvalue weighted by atomic mass is 16.5. The summed E-state index contributed by atoms with van der Waals surface area (Å²) in [6.45, 7) is 15.8. The lowest BCUT2D eigenvalue weighted by Crippen LogP contribution is -2.51. The highest BCUT2D eigenvalue weighted by Gasteiger charge is 2.37. The van der Waals surface area contributed by atoms with Crippen molar-refractivity contribution in [2.45, 2.75) is 92.2 Å². The number of anilines is 1. The minimum absolute atomic E-state index is 0.000914. The molecule has 0 saturated heterocycles. The van der Waals surface area contributed by atoms with Gasteiger partial charge in [0.15, 0.2) is 0 Å². The number of para-hydroxylation sites is 1. The third-order valence-corrected chi connectivity index (χ3v) is 11.8. The van der Waals surface area contributed by atoms with Crippen LogP contribution in [0.1, 0.15) is 95.5 Å². The molecule has 1 saturated carbocycles. The van der Waals surface area contributed by atoms with E-state index >= 15 is 0 Å². The van der Waals surface area contributed by atoms with Crippen molar-refractivity contribution in [3.63, 3.8) is 0 Å². The predicted molar refractivity (Wildman–Crippen MR) is 238 cm³/mol. The first kappa shape index (κ1) is 48.5. The van der Waals surface area contributed by atoms with E-state index in [2.05, 4.69) is 81.0 Å². The lowest BCUT2D eigenvalue weighted by atomic mass is 9.65. The Balaban J connectivity index is 0.000000732. The van der Waals surface area contributed by atoms with Crippen LogP contribution in [0.3, 0.4) is 0 Å². The fourth-order valence-electron chi connectivity index (χ4n) is 8.15. The molecule has 0 radical (unpaired) electrons. The Bertz CT molecular complexity index is 1650. The lowest BCUT2D eigenvalue weighted by Gasteiger charge is -2.40. The number of allylic oxidation sites excluding steroid dienone is 3. The molecule has 2 aliphatic carbocycles. The summed E-state index contributed by atoms with van der Waals surface area (Å²) in [6, 6.07) is 10.8. The van der Waals surface area contributed by atoms with E-state index in [0.717, 1.165) is 65.6 Å². The van der Waals surface area contributed by atoms with Crippen molar-refractivity contribution >= 4 is 17.5 Å². The van der Waals surface area contributed by atoms with E-state index in [4.69, 9.17) is 10.5 Å². The molecule has 1 fully saturated rings. The van der Waals surface area contributed by atoms with Gasteiger partial charge in [-0.2, -0.15) is 4.91 Å². The Morgan fingerprint density at radius 2 is 1.84 bits per heavy atom. The maximum atomic E-state index is 13.1. The van der Waals surface area contributed by atoms with E-state index in [0.29, 0.717) is 29.8 Å². The van der Waals surface area contributed by atoms with Gasteiger partial charge in [-0.3, -0.25) is 14.5 Å². The molecule has 0 aliphatic heterocycles. The average molecular weight is 788 g/mol. The number of nitrogens with zero attached hydrogens (tertiary/aromatic N) is 3. The third-order valence-electron chi connectivity index (χ3n) is 11.8. The molecule has 4 unspecified atom stereocenters. The Labute approximate surface area is 343 Å². The molecule has 2 amide bonds. The molecule has 2 aromatic rings. The maximum Gasteiger partial charge on any atom is 0.251 e.